The monoisotopic (exact) mass is 314 g/mol. The molecule has 5 nitrogen and oxygen atoms in total. The molecule has 1 N–H and O–H groups in total. The van der Waals surface area contributed by atoms with Crippen LogP contribution in [0.5, 0.6) is 0 Å². The van der Waals surface area contributed by atoms with Gasteiger partial charge in [0, 0.05) is 37.2 Å². The van der Waals surface area contributed by atoms with Crippen LogP contribution in [0.3, 0.4) is 0 Å². The fraction of sp³-hybridized carbons (Fsp3) is 0.333. The van der Waals surface area contributed by atoms with E-state index in [0.717, 1.165) is 29.1 Å². The van der Waals surface area contributed by atoms with E-state index in [1.54, 1.807) is 4.90 Å². The van der Waals surface area contributed by atoms with Crippen LogP contribution < -0.4 is 5.32 Å². The molecule has 0 fully saturated rings. The third kappa shape index (κ3) is 4.45. The molecule has 0 aliphatic carbocycles. The van der Waals surface area contributed by atoms with Crippen LogP contribution in [0.4, 0.5) is 10.5 Å². The van der Waals surface area contributed by atoms with Crippen LogP contribution in [0.2, 0.25) is 0 Å². The lowest BCUT2D eigenvalue weighted by molar-refractivity contribution is -0.107. The molecule has 122 valence electrons. The van der Waals surface area contributed by atoms with Crippen LogP contribution >= 0.6 is 0 Å². The molecule has 2 amide bonds. The molecule has 23 heavy (non-hydrogen) atoms. The lowest BCUT2D eigenvalue weighted by Crippen LogP contribution is -2.34. The van der Waals surface area contributed by atoms with Gasteiger partial charge in [0.05, 0.1) is 0 Å². The van der Waals surface area contributed by atoms with Gasteiger partial charge in [0.2, 0.25) is 0 Å². The molecule has 0 saturated heterocycles. The maximum absolute atomic E-state index is 12.0. The number of aryl methyl sites for hydroxylation is 1. The van der Waals surface area contributed by atoms with Gasteiger partial charge in [0.25, 0.3) is 0 Å². The van der Waals surface area contributed by atoms with Crippen molar-refractivity contribution < 1.29 is 14.0 Å². The van der Waals surface area contributed by atoms with E-state index in [2.05, 4.69) is 5.32 Å². The van der Waals surface area contributed by atoms with Gasteiger partial charge >= 0.3 is 6.03 Å². The van der Waals surface area contributed by atoms with Crippen molar-refractivity contribution in [1.29, 1.82) is 0 Å². The predicted molar refractivity (Wildman–Crippen MR) is 90.5 cm³/mol. The molecule has 2 rings (SSSR count). The van der Waals surface area contributed by atoms with Crippen molar-refractivity contribution in [2.24, 2.45) is 0 Å². The Labute approximate surface area is 136 Å². The molecule has 0 radical (unpaired) electrons. The molecule has 1 aromatic heterocycles. The van der Waals surface area contributed by atoms with Crippen molar-refractivity contribution in [1.82, 2.24) is 4.90 Å². The van der Waals surface area contributed by atoms with Crippen molar-refractivity contribution in [3.63, 3.8) is 0 Å². The molecule has 5 heteroatoms. The molecular formula is C18H22N2O3. The zero-order chi connectivity index (χ0) is 16.7. The minimum absolute atomic E-state index is 0.100. The fourth-order valence-corrected chi connectivity index (χ4v) is 2.30. The van der Waals surface area contributed by atoms with Crippen LogP contribution in [0.25, 0.3) is 11.3 Å². The van der Waals surface area contributed by atoms with Gasteiger partial charge in [-0.3, -0.25) is 0 Å². The number of anilines is 1. The largest absolute Gasteiger partial charge is 0.461 e. The number of rotatable bonds is 7. The highest BCUT2D eigenvalue weighted by molar-refractivity contribution is 5.89. The number of hydrogen-bond donors (Lipinski definition) is 1. The van der Waals surface area contributed by atoms with Crippen LogP contribution in [0.1, 0.15) is 26.0 Å². The number of nitrogens with one attached hydrogen (secondary N) is 1. The zero-order valence-electron chi connectivity index (χ0n) is 13.5. The molecule has 0 bridgehead atoms. The normalized spacial score (nSPS) is 10.3. The number of urea groups is 1. The summed E-state index contributed by atoms with van der Waals surface area (Å²) in [6, 6.07) is 11.2. The summed E-state index contributed by atoms with van der Waals surface area (Å²) < 4.78 is 5.71. The maximum atomic E-state index is 12.0. The molecular weight excluding hydrogens is 292 g/mol. The summed E-state index contributed by atoms with van der Waals surface area (Å²) in [6.07, 6.45) is 1.96. The topological polar surface area (TPSA) is 62.6 Å². The number of benzene rings is 1. The summed E-state index contributed by atoms with van der Waals surface area (Å²) in [4.78, 5) is 24.1. The number of hydrogen-bond acceptors (Lipinski definition) is 3. The highest BCUT2D eigenvalue weighted by Crippen LogP contribution is 2.24. The Morgan fingerprint density at radius 1 is 1.13 bits per heavy atom. The summed E-state index contributed by atoms with van der Waals surface area (Å²) in [5, 5.41) is 2.87. The number of furan rings is 1. The Hall–Kier alpha value is -2.56. The molecule has 0 aliphatic rings. The summed E-state index contributed by atoms with van der Waals surface area (Å²) in [5.41, 5.74) is 1.68. The van der Waals surface area contributed by atoms with Gasteiger partial charge in [0.1, 0.15) is 17.8 Å². The van der Waals surface area contributed by atoms with Crippen molar-refractivity contribution in [3.05, 3.63) is 42.2 Å². The summed E-state index contributed by atoms with van der Waals surface area (Å²) >= 11 is 0. The predicted octanol–water partition coefficient (Wildman–Crippen LogP) is 3.95. The van der Waals surface area contributed by atoms with E-state index in [0.29, 0.717) is 25.9 Å². The van der Waals surface area contributed by atoms with Crippen LogP contribution in [0, 0.1) is 0 Å². The lowest BCUT2D eigenvalue weighted by Gasteiger charge is -2.19. The summed E-state index contributed by atoms with van der Waals surface area (Å²) in [5.74, 6) is 1.55. The molecule has 0 saturated carbocycles. The smallest absolute Gasteiger partial charge is 0.321 e. The van der Waals surface area contributed by atoms with Crippen molar-refractivity contribution >= 4 is 18.0 Å². The van der Waals surface area contributed by atoms with E-state index >= 15 is 0 Å². The van der Waals surface area contributed by atoms with E-state index in [4.69, 9.17) is 4.42 Å². The van der Waals surface area contributed by atoms with E-state index in [-0.39, 0.29) is 6.03 Å². The van der Waals surface area contributed by atoms with Gasteiger partial charge in [-0.05, 0) is 50.2 Å². The highest BCUT2D eigenvalue weighted by Gasteiger charge is 2.10. The van der Waals surface area contributed by atoms with Crippen LogP contribution in [-0.4, -0.2) is 30.3 Å². The van der Waals surface area contributed by atoms with Gasteiger partial charge in [0.15, 0.2) is 0 Å². The summed E-state index contributed by atoms with van der Waals surface area (Å²) in [7, 11) is 0. The highest BCUT2D eigenvalue weighted by atomic mass is 16.3. The van der Waals surface area contributed by atoms with Gasteiger partial charge in [-0.15, -0.1) is 0 Å². The number of carbonyl (C=O) groups excluding carboxylic acids is 2. The molecule has 0 unspecified atom stereocenters. The Balaban J connectivity index is 2.03. The van der Waals surface area contributed by atoms with Gasteiger partial charge in [-0.1, -0.05) is 0 Å². The first-order valence-electron chi connectivity index (χ1n) is 7.86. The minimum atomic E-state index is -0.100. The Kier molecular flexibility index (Phi) is 5.97. The zero-order valence-corrected chi connectivity index (χ0v) is 13.5. The number of nitrogens with zero attached hydrogens (tertiary/aromatic N) is 1. The van der Waals surface area contributed by atoms with E-state index in [1.807, 2.05) is 50.2 Å². The van der Waals surface area contributed by atoms with Crippen LogP contribution in [-0.2, 0) is 11.2 Å². The van der Waals surface area contributed by atoms with Gasteiger partial charge in [-0.25, -0.2) is 4.79 Å². The SMILES string of the molecule is CCN(CC)C(=O)Nc1ccc(-c2ccc(CCC=O)o2)cc1. The fourth-order valence-electron chi connectivity index (χ4n) is 2.30. The van der Waals surface area contributed by atoms with E-state index in [1.165, 1.54) is 0 Å². The van der Waals surface area contributed by atoms with Gasteiger partial charge < -0.3 is 19.4 Å². The van der Waals surface area contributed by atoms with Crippen molar-refractivity contribution in [2.45, 2.75) is 26.7 Å². The number of aldehydes is 1. The second kappa shape index (κ2) is 8.17. The quantitative estimate of drug-likeness (QED) is 0.787. The van der Waals surface area contributed by atoms with Crippen LogP contribution in [0.15, 0.2) is 40.8 Å². The average molecular weight is 314 g/mol. The van der Waals surface area contributed by atoms with E-state index in [9.17, 15) is 9.59 Å². The molecule has 0 aliphatic heterocycles. The lowest BCUT2D eigenvalue weighted by atomic mass is 10.1. The molecule has 1 aromatic carbocycles. The average Bonchev–Trinajstić information content (AvgIpc) is 3.03. The first-order valence-corrected chi connectivity index (χ1v) is 7.86. The maximum Gasteiger partial charge on any atom is 0.321 e. The van der Waals surface area contributed by atoms with Crippen molar-refractivity contribution in [2.75, 3.05) is 18.4 Å². The van der Waals surface area contributed by atoms with E-state index < -0.39 is 0 Å². The molecule has 0 atom stereocenters. The second-order valence-electron chi connectivity index (χ2n) is 5.15. The minimum Gasteiger partial charge on any atom is -0.461 e. The Morgan fingerprint density at radius 2 is 1.83 bits per heavy atom. The Bertz CT molecular complexity index is 643. The third-order valence-corrected chi connectivity index (χ3v) is 3.64. The second-order valence-corrected chi connectivity index (χ2v) is 5.15. The molecule has 2 aromatic rings. The van der Waals surface area contributed by atoms with Gasteiger partial charge in [-0.2, -0.15) is 0 Å². The first kappa shape index (κ1) is 16.8. The standard InChI is InChI=1S/C18H22N2O3/c1-3-20(4-2)18(22)19-15-9-7-14(8-10-15)17-12-11-16(23-17)6-5-13-21/h7-13H,3-6H2,1-2H3,(H,19,22). The van der Waals surface area contributed by atoms with Crippen molar-refractivity contribution in [3.8, 4) is 11.3 Å². The number of carbonyl (C=O) groups is 2. The third-order valence-electron chi connectivity index (χ3n) is 3.64. The number of amides is 2. The molecule has 1 heterocycles. The first-order chi connectivity index (χ1) is 11.2. The molecule has 0 spiro atoms. The Morgan fingerprint density at radius 3 is 2.43 bits per heavy atom. The summed E-state index contributed by atoms with van der Waals surface area (Å²) in [6.45, 7) is 5.25.